The minimum absolute atomic E-state index is 0. The largest absolute Gasteiger partial charge is 0.481 e. The molecule has 1 unspecified atom stereocenters. The maximum absolute atomic E-state index is 13.7. The van der Waals surface area contributed by atoms with Crippen LogP contribution in [0.3, 0.4) is 0 Å². The van der Waals surface area contributed by atoms with Gasteiger partial charge < -0.3 is 37.2 Å². The van der Waals surface area contributed by atoms with Crippen LogP contribution in [0.25, 0.3) is 0 Å². The standard InChI is InChI=1S/C26H29N3O5.C26H26N2O5.H3N/c27-23(30)18-9-3-4-10-19(18)24(31)28-15-22-17-8-2-1-7-16(17)13-14-29(22)25(32)20-11-5-6-12-21(20)26(33)34;29-23(20-11-5-6-12-21(20)26(32)33)27-14-13-16-7-1-2-8-17(16)22(27)15-28-24(30)18-9-3-4-10-19(18)25(28)31;/h1-4,7-10,20-22H,5-6,11-15H2,(H2,27,30)(H,28,31)(H,33,34);1-4,7-10,20-22H,5-6,11-15H2,(H,32,33);1H3/t20-,21?,22-;20-,21+,22-;/m11./s1. The van der Waals surface area contributed by atoms with Gasteiger partial charge in [-0.05, 0) is 85.0 Å². The van der Waals surface area contributed by atoms with Crippen molar-refractivity contribution in [1.82, 2.24) is 26.2 Å². The fraction of sp³-hybridized carbons (Fsp3) is 0.385. The highest BCUT2D eigenvalue weighted by Crippen LogP contribution is 2.39. The molecule has 0 radical (unpaired) electrons. The average molecular weight is 927 g/mol. The Hall–Kier alpha value is -7.20. The zero-order valence-corrected chi connectivity index (χ0v) is 37.9. The smallest absolute Gasteiger partial charge is 0.307 e. The Morgan fingerprint density at radius 3 is 1.46 bits per heavy atom. The quantitative estimate of drug-likeness (QED) is 0.115. The molecule has 3 aliphatic heterocycles. The Morgan fingerprint density at radius 2 is 0.971 bits per heavy atom. The number of nitrogens with zero attached hydrogens (tertiary/aromatic N) is 3. The highest BCUT2D eigenvalue weighted by Gasteiger charge is 2.45. The maximum Gasteiger partial charge on any atom is 0.307 e. The van der Waals surface area contributed by atoms with Crippen LogP contribution < -0.4 is 17.2 Å². The summed E-state index contributed by atoms with van der Waals surface area (Å²) >= 11 is 0. The maximum atomic E-state index is 13.7. The van der Waals surface area contributed by atoms with Gasteiger partial charge in [-0.3, -0.25) is 43.3 Å². The molecule has 2 saturated carbocycles. The summed E-state index contributed by atoms with van der Waals surface area (Å²) in [5, 5.41) is 22.3. The number of rotatable bonds is 10. The zero-order valence-electron chi connectivity index (χ0n) is 37.9. The first-order chi connectivity index (χ1) is 32.3. The molecule has 0 saturated heterocycles. The van der Waals surface area contributed by atoms with E-state index in [0.29, 0.717) is 62.7 Å². The summed E-state index contributed by atoms with van der Waals surface area (Å²) in [4.78, 5) is 106. The third-order valence-corrected chi connectivity index (χ3v) is 14.3. The van der Waals surface area contributed by atoms with Gasteiger partial charge in [0.25, 0.3) is 17.7 Å². The highest BCUT2D eigenvalue weighted by atomic mass is 16.4. The molecular weight excluding hydrogens is 869 g/mol. The summed E-state index contributed by atoms with van der Waals surface area (Å²) in [5.74, 6) is -6.58. The molecule has 4 aromatic rings. The van der Waals surface area contributed by atoms with Crippen molar-refractivity contribution in [3.05, 3.63) is 142 Å². The number of benzene rings is 4. The van der Waals surface area contributed by atoms with Gasteiger partial charge in [0.05, 0.1) is 64.6 Å². The summed E-state index contributed by atoms with van der Waals surface area (Å²) in [6, 6.07) is 27.7. The molecule has 0 bridgehead atoms. The lowest BCUT2D eigenvalue weighted by Crippen LogP contribution is -2.50. The van der Waals surface area contributed by atoms with E-state index >= 15 is 0 Å². The van der Waals surface area contributed by atoms with Crippen LogP contribution in [0.5, 0.6) is 0 Å². The first-order valence-corrected chi connectivity index (χ1v) is 23.2. The van der Waals surface area contributed by atoms with Gasteiger partial charge in [-0.25, -0.2) is 0 Å². The molecule has 3 heterocycles. The van der Waals surface area contributed by atoms with Crippen LogP contribution >= 0.6 is 0 Å². The predicted molar refractivity (Wildman–Crippen MR) is 249 cm³/mol. The molecule has 16 heteroatoms. The number of fused-ring (bicyclic) bond motifs is 3. The first-order valence-electron chi connectivity index (χ1n) is 23.2. The Kier molecular flexibility index (Phi) is 15.2. The lowest BCUT2D eigenvalue weighted by Gasteiger charge is -2.42. The molecule has 8 N–H and O–H groups in total. The number of imide groups is 1. The van der Waals surface area contributed by atoms with E-state index in [9.17, 15) is 48.6 Å². The molecule has 0 spiro atoms. The number of carbonyl (C=O) groups excluding carboxylic acids is 6. The highest BCUT2D eigenvalue weighted by molar-refractivity contribution is 6.21. The second kappa shape index (κ2) is 21.2. The fourth-order valence-corrected chi connectivity index (χ4v) is 10.9. The molecule has 2 fully saturated rings. The molecule has 5 aliphatic rings. The number of hydrogen-bond acceptors (Lipinski definition) is 9. The van der Waals surface area contributed by atoms with Gasteiger partial charge in [0.1, 0.15) is 0 Å². The molecule has 6 amide bonds. The summed E-state index contributed by atoms with van der Waals surface area (Å²) < 4.78 is 0. The van der Waals surface area contributed by atoms with Gasteiger partial charge >= 0.3 is 11.9 Å². The number of amides is 6. The van der Waals surface area contributed by atoms with E-state index in [2.05, 4.69) is 5.32 Å². The van der Waals surface area contributed by atoms with E-state index in [0.717, 1.165) is 47.9 Å². The summed E-state index contributed by atoms with van der Waals surface area (Å²) in [5.41, 5.74) is 10.5. The van der Waals surface area contributed by atoms with Crippen molar-refractivity contribution < 1.29 is 48.6 Å². The van der Waals surface area contributed by atoms with Crippen LogP contribution in [-0.2, 0) is 32.0 Å². The van der Waals surface area contributed by atoms with Crippen molar-refractivity contribution >= 4 is 47.4 Å². The fourth-order valence-electron chi connectivity index (χ4n) is 10.9. The molecule has 6 atom stereocenters. The van der Waals surface area contributed by atoms with Crippen molar-refractivity contribution in [2.75, 3.05) is 26.2 Å². The van der Waals surface area contributed by atoms with E-state index in [1.165, 1.54) is 17.0 Å². The third-order valence-electron chi connectivity index (χ3n) is 14.3. The number of carboxylic acids is 2. The molecule has 4 aromatic carbocycles. The van der Waals surface area contributed by atoms with Crippen LogP contribution in [0.2, 0.25) is 0 Å². The lowest BCUT2D eigenvalue weighted by molar-refractivity contribution is -0.153. The summed E-state index contributed by atoms with van der Waals surface area (Å²) in [6.07, 6.45) is 6.70. The monoisotopic (exact) mass is 926 g/mol. The molecule has 356 valence electrons. The van der Waals surface area contributed by atoms with Crippen LogP contribution in [0.15, 0.2) is 97.1 Å². The van der Waals surface area contributed by atoms with Crippen LogP contribution in [-0.4, -0.2) is 98.5 Å². The van der Waals surface area contributed by atoms with Crippen molar-refractivity contribution in [2.45, 2.75) is 76.3 Å². The van der Waals surface area contributed by atoms with Crippen LogP contribution in [0.1, 0.15) is 127 Å². The topological polar surface area (TPSA) is 260 Å². The second-order valence-corrected chi connectivity index (χ2v) is 18.1. The number of primary amides is 1. The number of nitrogens with two attached hydrogens (primary N) is 1. The Morgan fingerprint density at radius 1 is 0.559 bits per heavy atom. The lowest BCUT2D eigenvalue weighted by atomic mass is 9.77. The number of carbonyl (C=O) groups is 8. The Labute approximate surface area is 394 Å². The minimum Gasteiger partial charge on any atom is -0.481 e. The SMILES string of the molecule is N.NC(=O)c1ccccc1C(=O)NC[C@@H]1c2ccccc2CCN1C(=O)[C@@H]1CCCCC1C(=O)O.O=C(O)[C@H]1CCCC[C@H]1C(=O)N1CCc2ccccc2[C@H]1CN1C(=O)c2ccccc2C1=O. The summed E-state index contributed by atoms with van der Waals surface area (Å²) in [7, 11) is 0. The van der Waals surface area contributed by atoms with Crippen molar-refractivity contribution in [3.8, 4) is 0 Å². The van der Waals surface area contributed by atoms with Gasteiger partial charge in [0.15, 0.2) is 0 Å². The number of carboxylic acid groups (broad SMARTS) is 2. The molecule has 2 aliphatic carbocycles. The molecule has 16 nitrogen and oxygen atoms in total. The van der Waals surface area contributed by atoms with E-state index in [1.54, 1.807) is 46.2 Å². The molecular formula is C52H58N6O10. The van der Waals surface area contributed by atoms with E-state index in [4.69, 9.17) is 5.73 Å². The van der Waals surface area contributed by atoms with Gasteiger partial charge in [-0.15, -0.1) is 0 Å². The van der Waals surface area contributed by atoms with Gasteiger partial charge in [0.2, 0.25) is 17.7 Å². The second-order valence-electron chi connectivity index (χ2n) is 18.1. The number of aliphatic carboxylic acids is 2. The average Bonchev–Trinajstić information content (AvgIpc) is 3.59. The normalized spacial score (nSPS) is 22.8. The van der Waals surface area contributed by atoms with Gasteiger partial charge in [-0.2, -0.15) is 0 Å². The van der Waals surface area contributed by atoms with Gasteiger partial charge in [-0.1, -0.05) is 98.5 Å². The Balaban J connectivity index is 0.000000198. The van der Waals surface area contributed by atoms with Crippen LogP contribution in [0.4, 0.5) is 0 Å². The summed E-state index contributed by atoms with van der Waals surface area (Å²) in [6.45, 7) is 1.09. The number of nitrogens with one attached hydrogen (secondary N) is 1. The Bertz CT molecular complexity index is 2580. The van der Waals surface area contributed by atoms with E-state index in [-0.39, 0.29) is 54.0 Å². The van der Waals surface area contributed by atoms with Crippen molar-refractivity contribution in [1.29, 1.82) is 0 Å². The third kappa shape index (κ3) is 9.77. The van der Waals surface area contributed by atoms with Gasteiger partial charge in [0, 0.05) is 19.6 Å². The molecule has 9 rings (SSSR count). The first kappa shape index (κ1) is 48.7. The molecule has 0 aromatic heterocycles. The van der Waals surface area contributed by atoms with E-state index < -0.39 is 59.5 Å². The van der Waals surface area contributed by atoms with Crippen molar-refractivity contribution in [3.63, 3.8) is 0 Å². The molecule has 68 heavy (non-hydrogen) atoms. The van der Waals surface area contributed by atoms with Crippen LogP contribution in [0, 0.1) is 23.7 Å². The number of hydrogen-bond donors (Lipinski definition) is 5. The minimum atomic E-state index is -0.928. The zero-order chi connectivity index (χ0) is 47.4. The van der Waals surface area contributed by atoms with E-state index in [1.807, 2.05) is 48.5 Å². The van der Waals surface area contributed by atoms with Crippen molar-refractivity contribution in [2.24, 2.45) is 29.4 Å². The predicted octanol–water partition coefficient (Wildman–Crippen LogP) is 5.99.